The Bertz CT molecular complexity index is 709. The van der Waals surface area contributed by atoms with Crippen molar-refractivity contribution in [3.8, 4) is 6.07 Å². The summed E-state index contributed by atoms with van der Waals surface area (Å²) in [7, 11) is 0. The summed E-state index contributed by atoms with van der Waals surface area (Å²) in [6.45, 7) is 9.06. The fourth-order valence-electron chi connectivity index (χ4n) is 3.08. The number of pyridine rings is 1. The van der Waals surface area contributed by atoms with Crippen LogP contribution in [0.5, 0.6) is 0 Å². The average Bonchev–Trinajstić information content (AvgIpc) is 2.81. The van der Waals surface area contributed by atoms with Crippen LogP contribution in [0.4, 0.5) is 5.69 Å². The van der Waals surface area contributed by atoms with Gasteiger partial charge in [0, 0.05) is 17.6 Å². The van der Waals surface area contributed by atoms with Gasteiger partial charge in [-0.15, -0.1) is 0 Å². The van der Waals surface area contributed by atoms with Crippen LogP contribution in [0, 0.1) is 22.2 Å². The normalized spacial score (nSPS) is 19.6. The molecule has 1 aromatic heterocycles. The van der Waals surface area contributed by atoms with E-state index in [1.54, 1.807) is 6.20 Å². The summed E-state index contributed by atoms with van der Waals surface area (Å²) in [6, 6.07) is 10.6. The van der Waals surface area contributed by atoms with Crippen molar-refractivity contribution < 1.29 is 0 Å². The van der Waals surface area contributed by atoms with Gasteiger partial charge in [-0.1, -0.05) is 45.9 Å². The zero-order valence-corrected chi connectivity index (χ0v) is 12.4. The fraction of sp³-hybridized carbons (Fsp3) is 0.412. The first-order valence-electron chi connectivity index (χ1n) is 6.94. The van der Waals surface area contributed by atoms with Gasteiger partial charge in [-0.25, -0.2) is 0 Å². The minimum atomic E-state index is 0.226. The number of anilines is 1. The van der Waals surface area contributed by atoms with E-state index in [2.05, 4.69) is 44.1 Å². The van der Waals surface area contributed by atoms with E-state index in [0.717, 1.165) is 16.6 Å². The molecule has 1 aliphatic carbocycles. The molecule has 1 aromatic carbocycles. The van der Waals surface area contributed by atoms with Gasteiger partial charge in [-0.2, -0.15) is 5.26 Å². The van der Waals surface area contributed by atoms with Crippen LogP contribution in [0.25, 0.3) is 10.9 Å². The third-order valence-corrected chi connectivity index (χ3v) is 5.21. The highest BCUT2D eigenvalue weighted by Crippen LogP contribution is 2.64. The number of hydrogen-bond acceptors (Lipinski definition) is 3. The summed E-state index contributed by atoms with van der Waals surface area (Å²) in [5, 5.41) is 14.0. The first kappa shape index (κ1) is 12.9. The molecule has 1 N–H and O–H groups in total. The number of nitrogens with zero attached hydrogens (tertiary/aromatic N) is 2. The quantitative estimate of drug-likeness (QED) is 0.894. The number of hydrogen-bond donors (Lipinski definition) is 1. The molecule has 0 unspecified atom stereocenters. The molecule has 0 radical (unpaired) electrons. The summed E-state index contributed by atoms with van der Waals surface area (Å²) in [5.74, 6) is 0. The molecule has 3 rings (SSSR count). The zero-order valence-electron chi connectivity index (χ0n) is 12.4. The number of aromatic nitrogens is 1. The van der Waals surface area contributed by atoms with Crippen LogP contribution in [0.15, 0.2) is 30.5 Å². The van der Waals surface area contributed by atoms with Gasteiger partial charge in [-0.3, -0.25) is 4.98 Å². The maximum atomic E-state index is 9.34. The number of nitrogens with one attached hydrogen (secondary N) is 1. The van der Waals surface area contributed by atoms with Gasteiger partial charge in [0.05, 0.1) is 16.8 Å². The van der Waals surface area contributed by atoms with E-state index in [0.29, 0.717) is 11.6 Å². The number of nitriles is 1. The van der Waals surface area contributed by atoms with Crippen LogP contribution >= 0.6 is 0 Å². The minimum Gasteiger partial charge on any atom is -0.380 e. The predicted molar refractivity (Wildman–Crippen MR) is 81.4 cm³/mol. The fourth-order valence-corrected chi connectivity index (χ4v) is 3.08. The largest absolute Gasteiger partial charge is 0.380 e. The maximum absolute atomic E-state index is 9.34. The second-order valence-electron chi connectivity index (χ2n) is 6.70. The first-order chi connectivity index (χ1) is 9.39. The molecule has 0 bridgehead atoms. The number of para-hydroxylation sites is 1. The third-order valence-electron chi connectivity index (χ3n) is 5.21. The second-order valence-corrected chi connectivity index (χ2v) is 6.70. The summed E-state index contributed by atoms with van der Waals surface area (Å²) < 4.78 is 0. The average molecular weight is 265 g/mol. The predicted octanol–water partition coefficient (Wildman–Crippen LogP) is 3.95. The van der Waals surface area contributed by atoms with Crippen molar-refractivity contribution in [2.24, 2.45) is 10.8 Å². The van der Waals surface area contributed by atoms with E-state index in [1.807, 2.05) is 24.3 Å². The van der Waals surface area contributed by atoms with E-state index in [4.69, 9.17) is 0 Å². The Morgan fingerprint density at radius 2 is 1.80 bits per heavy atom. The summed E-state index contributed by atoms with van der Waals surface area (Å²) in [4.78, 5) is 4.35. The van der Waals surface area contributed by atoms with Crippen LogP contribution in [0.2, 0.25) is 0 Å². The van der Waals surface area contributed by atoms with Gasteiger partial charge in [-0.05, 0) is 16.9 Å². The first-order valence-corrected chi connectivity index (χ1v) is 6.94. The molecule has 1 fully saturated rings. The van der Waals surface area contributed by atoms with Crippen molar-refractivity contribution >= 4 is 16.6 Å². The lowest BCUT2D eigenvalue weighted by atomic mass is 10.0. The lowest BCUT2D eigenvalue weighted by molar-refractivity contribution is 0.457. The molecule has 0 saturated heterocycles. The highest BCUT2D eigenvalue weighted by Gasteiger charge is 2.65. The molecule has 1 aliphatic rings. The molecular weight excluding hydrogens is 246 g/mol. The zero-order chi connectivity index (χ0) is 14.5. The molecule has 1 heterocycles. The Morgan fingerprint density at radius 1 is 1.15 bits per heavy atom. The van der Waals surface area contributed by atoms with Crippen LogP contribution < -0.4 is 5.32 Å². The van der Waals surface area contributed by atoms with E-state index in [-0.39, 0.29) is 10.8 Å². The van der Waals surface area contributed by atoms with Gasteiger partial charge in [0.25, 0.3) is 0 Å². The molecule has 0 spiro atoms. The second kappa shape index (κ2) is 3.96. The molecule has 0 aliphatic heterocycles. The number of rotatable bonds is 2. The van der Waals surface area contributed by atoms with Crippen LogP contribution in [-0.2, 0) is 0 Å². The highest BCUT2D eigenvalue weighted by atomic mass is 15.1. The smallest absolute Gasteiger partial charge is 0.103 e. The van der Waals surface area contributed by atoms with E-state index in [9.17, 15) is 5.26 Å². The Morgan fingerprint density at radius 3 is 2.40 bits per heavy atom. The van der Waals surface area contributed by atoms with Crippen LogP contribution in [0.3, 0.4) is 0 Å². The lowest BCUT2D eigenvalue weighted by Gasteiger charge is -2.13. The van der Waals surface area contributed by atoms with Gasteiger partial charge < -0.3 is 5.32 Å². The SMILES string of the molecule is CC1(C)C(Nc2c(C#N)cnc3ccccc23)C1(C)C. The van der Waals surface area contributed by atoms with Crippen molar-refractivity contribution in [2.45, 2.75) is 33.7 Å². The monoisotopic (exact) mass is 265 g/mol. The topological polar surface area (TPSA) is 48.7 Å². The molecule has 20 heavy (non-hydrogen) atoms. The highest BCUT2D eigenvalue weighted by molar-refractivity contribution is 5.94. The van der Waals surface area contributed by atoms with E-state index >= 15 is 0 Å². The molecule has 2 aromatic rings. The molecule has 3 heteroatoms. The van der Waals surface area contributed by atoms with Crippen molar-refractivity contribution in [2.75, 3.05) is 5.32 Å². The molecule has 102 valence electrons. The Hall–Kier alpha value is -2.08. The Balaban J connectivity index is 2.10. The molecule has 0 atom stereocenters. The summed E-state index contributed by atoms with van der Waals surface area (Å²) in [5.41, 5.74) is 2.91. The Kier molecular flexibility index (Phi) is 2.56. The van der Waals surface area contributed by atoms with Crippen molar-refractivity contribution in [3.05, 3.63) is 36.0 Å². The van der Waals surface area contributed by atoms with Crippen LogP contribution in [-0.4, -0.2) is 11.0 Å². The van der Waals surface area contributed by atoms with Crippen molar-refractivity contribution in [1.82, 2.24) is 4.98 Å². The Labute approximate surface area is 119 Å². The number of fused-ring (bicyclic) bond motifs is 1. The van der Waals surface area contributed by atoms with Crippen molar-refractivity contribution in [3.63, 3.8) is 0 Å². The number of benzene rings is 1. The summed E-state index contributed by atoms with van der Waals surface area (Å²) >= 11 is 0. The van der Waals surface area contributed by atoms with Crippen LogP contribution in [0.1, 0.15) is 33.3 Å². The molecule has 3 nitrogen and oxygen atoms in total. The minimum absolute atomic E-state index is 0.226. The van der Waals surface area contributed by atoms with Gasteiger partial charge >= 0.3 is 0 Å². The third kappa shape index (κ3) is 1.61. The lowest BCUT2D eigenvalue weighted by Crippen LogP contribution is -2.12. The maximum Gasteiger partial charge on any atom is 0.103 e. The standard InChI is InChI=1S/C17H19N3/c1-16(2)15(17(16,3)4)20-14-11(9-18)10-19-13-8-6-5-7-12(13)14/h5-8,10,15H,1-4H3,(H,19,20). The van der Waals surface area contributed by atoms with E-state index in [1.165, 1.54) is 0 Å². The van der Waals surface area contributed by atoms with Gasteiger partial charge in [0.15, 0.2) is 0 Å². The molecule has 0 amide bonds. The van der Waals surface area contributed by atoms with E-state index < -0.39 is 0 Å². The van der Waals surface area contributed by atoms with Gasteiger partial charge in [0.2, 0.25) is 0 Å². The summed E-state index contributed by atoms with van der Waals surface area (Å²) in [6.07, 6.45) is 1.66. The molecular formula is C17H19N3. The van der Waals surface area contributed by atoms with Crippen molar-refractivity contribution in [1.29, 1.82) is 5.26 Å². The molecule has 1 saturated carbocycles. The van der Waals surface area contributed by atoms with Gasteiger partial charge in [0.1, 0.15) is 6.07 Å².